The summed E-state index contributed by atoms with van der Waals surface area (Å²) in [4.78, 5) is 25.1. The molecule has 0 radical (unpaired) electrons. The van der Waals surface area contributed by atoms with Crippen LogP contribution in [0.5, 0.6) is 0 Å². The van der Waals surface area contributed by atoms with Gasteiger partial charge in [0.25, 0.3) is 5.91 Å². The van der Waals surface area contributed by atoms with Crippen molar-refractivity contribution in [2.75, 3.05) is 16.4 Å². The lowest BCUT2D eigenvalue weighted by Crippen LogP contribution is -2.31. The Morgan fingerprint density at radius 3 is 2.52 bits per heavy atom. The largest absolute Gasteiger partial charge is 0.397 e. The molecule has 0 aliphatic heterocycles. The number of rotatable bonds is 4. The Balaban J connectivity index is 1.42. The predicted molar refractivity (Wildman–Crippen MR) is 124 cm³/mol. The Morgan fingerprint density at radius 1 is 0.935 bits per heavy atom. The third-order valence-corrected chi connectivity index (χ3v) is 5.76. The van der Waals surface area contributed by atoms with Crippen LogP contribution >= 0.6 is 0 Å². The van der Waals surface area contributed by atoms with Crippen LogP contribution in [-0.4, -0.2) is 11.9 Å². The zero-order valence-electron chi connectivity index (χ0n) is 17.7. The number of carbonyl (C=O) groups excluding carboxylic acids is 2. The lowest BCUT2D eigenvalue weighted by Gasteiger charge is -2.16. The molecule has 1 aliphatic rings. The molecule has 0 aromatic heterocycles. The van der Waals surface area contributed by atoms with Crippen LogP contribution < -0.4 is 21.7 Å². The van der Waals surface area contributed by atoms with Crippen molar-refractivity contribution in [2.45, 2.75) is 32.7 Å². The highest BCUT2D eigenvalue weighted by Gasteiger charge is 2.25. The molecule has 1 atom stereocenters. The molecule has 3 aromatic carbocycles. The highest BCUT2D eigenvalue weighted by Crippen LogP contribution is 2.32. The Hall–Kier alpha value is -3.80. The Morgan fingerprint density at radius 2 is 1.74 bits per heavy atom. The minimum absolute atomic E-state index is 0.0802. The first-order chi connectivity index (χ1) is 14.9. The first kappa shape index (κ1) is 20.5. The Kier molecular flexibility index (Phi) is 5.62. The number of carbonyl (C=O) groups is 2. The number of benzene rings is 3. The number of para-hydroxylation sites is 2. The monoisotopic (exact) mass is 414 g/mol. The van der Waals surface area contributed by atoms with Gasteiger partial charge in [-0.1, -0.05) is 24.3 Å². The third-order valence-electron chi connectivity index (χ3n) is 5.76. The summed E-state index contributed by atoms with van der Waals surface area (Å²) in [5, 5.41) is 8.80. The number of hydrogen-bond donors (Lipinski definition) is 4. The number of anilines is 3. The van der Waals surface area contributed by atoms with E-state index in [4.69, 9.17) is 5.73 Å². The highest BCUT2D eigenvalue weighted by molar-refractivity contribution is 6.05. The second-order valence-corrected chi connectivity index (χ2v) is 7.94. The fourth-order valence-electron chi connectivity index (χ4n) is 3.86. The summed E-state index contributed by atoms with van der Waals surface area (Å²) >= 11 is 0. The molecule has 3 amide bonds. The number of nitrogens with one attached hydrogen (secondary N) is 3. The van der Waals surface area contributed by atoms with Crippen LogP contribution in [0.4, 0.5) is 21.9 Å². The van der Waals surface area contributed by atoms with Crippen molar-refractivity contribution >= 4 is 29.0 Å². The van der Waals surface area contributed by atoms with E-state index in [-0.39, 0.29) is 18.0 Å². The van der Waals surface area contributed by atoms with E-state index in [0.717, 1.165) is 35.2 Å². The zero-order valence-corrected chi connectivity index (χ0v) is 17.7. The van der Waals surface area contributed by atoms with Crippen LogP contribution in [0, 0.1) is 13.8 Å². The van der Waals surface area contributed by atoms with Crippen LogP contribution in [0.1, 0.15) is 45.1 Å². The second-order valence-electron chi connectivity index (χ2n) is 7.94. The summed E-state index contributed by atoms with van der Waals surface area (Å²) < 4.78 is 0. The van der Waals surface area contributed by atoms with Crippen molar-refractivity contribution < 1.29 is 9.59 Å². The fourth-order valence-corrected chi connectivity index (χ4v) is 3.86. The van der Waals surface area contributed by atoms with E-state index in [9.17, 15) is 9.59 Å². The van der Waals surface area contributed by atoms with Gasteiger partial charge in [-0.3, -0.25) is 4.79 Å². The van der Waals surface area contributed by atoms with Gasteiger partial charge < -0.3 is 21.7 Å². The number of amides is 3. The van der Waals surface area contributed by atoms with Gasteiger partial charge >= 0.3 is 6.03 Å². The maximum atomic E-state index is 12.6. The van der Waals surface area contributed by atoms with Crippen LogP contribution in [0.25, 0.3) is 0 Å². The average molecular weight is 415 g/mol. The first-order valence-electron chi connectivity index (χ1n) is 10.3. The summed E-state index contributed by atoms with van der Waals surface area (Å²) in [6.45, 7) is 4.06. The first-order valence-corrected chi connectivity index (χ1v) is 10.3. The molecular formula is C25H26N4O2. The van der Waals surface area contributed by atoms with E-state index < -0.39 is 0 Å². The van der Waals surface area contributed by atoms with Gasteiger partial charge in [0, 0.05) is 11.3 Å². The van der Waals surface area contributed by atoms with E-state index in [1.54, 1.807) is 18.2 Å². The molecule has 0 bridgehead atoms. The molecule has 5 N–H and O–H groups in total. The van der Waals surface area contributed by atoms with Crippen LogP contribution in [0.3, 0.4) is 0 Å². The SMILES string of the molecule is Cc1ccc(NC(=O)NC2CCc3cc(C(=O)Nc4ccccc4N)ccc32)cc1C. The zero-order chi connectivity index (χ0) is 22.0. The maximum Gasteiger partial charge on any atom is 0.319 e. The molecule has 4 rings (SSSR count). The van der Waals surface area contributed by atoms with Crippen molar-refractivity contribution in [1.82, 2.24) is 5.32 Å². The summed E-state index contributed by atoms with van der Waals surface area (Å²) in [6, 6.07) is 18.3. The van der Waals surface area contributed by atoms with Gasteiger partial charge in [-0.25, -0.2) is 4.79 Å². The van der Waals surface area contributed by atoms with E-state index >= 15 is 0 Å². The van der Waals surface area contributed by atoms with Crippen molar-refractivity contribution in [2.24, 2.45) is 0 Å². The smallest absolute Gasteiger partial charge is 0.319 e. The van der Waals surface area contributed by atoms with Gasteiger partial charge in [-0.15, -0.1) is 0 Å². The number of urea groups is 1. The number of nitrogen functional groups attached to an aromatic ring is 1. The molecule has 0 saturated heterocycles. The predicted octanol–water partition coefficient (Wildman–Crippen LogP) is 4.95. The highest BCUT2D eigenvalue weighted by atomic mass is 16.2. The van der Waals surface area contributed by atoms with Crippen molar-refractivity contribution in [1.29, 1.82) is 0 Å². The number of fused-ring (bicyclic) bond motifs is 1. The number of nitrogens with two attached hydrogens (primary N) is 1. The second kappa shape index (κ2) is 8.52. The minimum Gasteiger partial charge on any atom is -0.397 e. The summed E-state index contributed by atoms with van der Waals surface area (Å²) in [5.74, 6) is -0.204. The molecule has 0 spiro atoms. The van der Waals surface area contributed by atoms with Crippen molar-refractivity contribution in [3.05, 3.63) is 88.5 Å². The molecular weight excluding hydrogens is 388 g/mol. The summed E-state index contributed by atoms with van der Waals surface area (Å²) in [5.41, 5.74) is 12.8. The average Bonchev–Trinajstić information content (AvgIpc) is 3.14. The topological polar surface area (TPSA) is 96.2 Å². The Bertz CT molecular complexity index is 1160. The summed E-state index contributed by atoms with van der Waals surface area (Å²) in [7, 11) is 0. The molecule has 0 heterocycles. The molecule has 0 fully saturated rings. The molecule has 158 valence electrons. The fraction of sp³-hybridized carbons (Fsp3) is 0.200. The number of aryl methyl sites for hydroxylation is 3. The van der Waals surface area contributed by atoms with Gasteiger partial charge in [0.05, 0.1) is 17.4 Å². The normalized spacial score (nSPS) is 14.6. The van der Waals surface area contributed by atoms with Gasteiger partial charge in [-0.2, -0.15) is 0 Å². The standard InChI is InChI=1S/C25H26N4O2/c1-15-7-10-19(13-16(15)2)27-25(31)29-22-12-9-17-14-18(8-11-20(17)22)24(30)28-23-6-4-3-5-21(23)26/h3-8,10-11,13-14,22H,9,12,26H2,1-2H3,(H,28,30)(H2,27,29,31). The van der Waals surface area contributed by atoms with E-state index in [1.807, 2.05) is 56.3 Å². The molecule has 1 aliphatic carbocycles. The Labute approximate surface area is 181 Å². The van der Waals surface area contributed by atoms with E-state index in [2.05, 4.69) is 16.0 Å². The molecule has 31 heavy (non-hydrogen) atoms. The molecule has 6 heteroatoms. The van der Waals surface area contributed by atoms with Gasteiger partial charge in [0.1, 0.15) is 0 Å². The summed E-state index contributed by atoms with van der Waals surface area (Å²) in [6.07, 6.45) is 1.60. The van der Waals surface area contributed by atoms with Gasteiger partial charge in [0.2, 0.25) is 0 Å². The van der Waals surface area contributed by atoms with Crippen molar-refractivity contribution in [3.63, 3.8) is 0 Å². The van der Waals surface area contributed by atoms with Gasteiger partial charge in [-0.05, 0) is 85.3 Å². The maximum absolute atomic E-state index is 12.6. The molecule has 3 aromatic rings. The minimum atomic E-state index is -0.234. The van der Waals surface area contributed by atoms with Crippen molar-refractivity contribution in [3.8, 4) is 0 Å². The lowest BCUT2D eigenvalue weighted by atomic mass is 10.0. The number of hydrogen-bond acceptors (Lipinski definition) is 3. The van der Waals surface area contributed by atoms with Crippen LogP contribution in [-0.2, 0) is 6.42 Å². The quantitative estimate of drug-likeness (QED) is 0.455. The van der Waals surface area contributed by atoms with Crippen LogP contribution in [0.15, 0.2) is 60.7 Å². The van der Waals surface area contributed by atoms with E-state index in [1.165, 1.54) is 5.56 Å². The third kappa shape index (κ3) is 4.53. The van der Waals surface area contributed by atoms with E-state index in [0.29, 0.717) is 16.9 Å². The van der Waals surface area contributed by atoms with Gasteiger partial charge in [0.15, 0.2) is 0 Å². The van der Waals surface area contributed by atoms with Crippen LogP contribution in [0.2, 0.25) is 0 Å². The lowest BCUT2D eigenvalue weighted by molar-refractivity contribution is 0.102. The molecule has 0 saturated carbocycles. The molecule has 1 unspecified atom stereocenters. The molecule has 6 nitrogen and oxygen atoms in total.